The number of carbonyl (C=O) groups is 3. The van der Waals surface area contributed by atoms with Gasteiger partial charge in [-0.1, -0.05) is 6.07 Å². The SMILES string of the molecule is O=C(NCCN1C(=O)S/C(=C\c2cccs2)C1=O)c1ccc(OC(F)F)cc1. The summed E-state index contributed by atoms with van der Waals surface area (Å²) in [6.07, 6.45) is 1.66. The summed E-state index contributed by atoms with van der Waals surface area (Å²) < 4.78 is 28.5. The van der Waals surface area contributed by atoms with Crippen molar-refractivity contribution in [2.24, 2.45) is 0 Å². The van der Waals surface area contributed by atoms with Crippen LogP contribution in [0, 0.1) is 0 Å². The first-order valence-electron chi connectivity index (χ1n) is 8.06. The molecule has 0 saturated carbocycles. The predicted octanol–water partition coefficient (Wildman–Crippen LogP) is 3.82. The summed E-state index contributed by atoms with van der Waals surface area (Å²) in [4.78, 5) is 38.8. The minimum Gasteiger partial charge on any atom is -0.435 e. The number of carbonyl (C=O) groups excluding carboxylic acids is 3. The second-order valence-corrected chi connectivity index (χ2v) is 7.48. The lowest BCUT2D eigenvalue weighted by atomic mass is 10.2. The predicted molar refractivity (Wildman–Crippen MR) is 102 cm³/mol. The van der Waals surface area contributed by atoms with E-state index in [1.807, 2.05) is 17.5 Å². The third kappa shape index (κ3) is 4.96. The van der Waals surface area contributed by atoms with Crippen LogP contribution < -0.4 is 10.1 Å². The van der Waals surface area contributed by atoms with Crippen molar-refractivity contribution in [3.05, 3.63) is 57.1 Å². The van der Waals surface area contributed by atoms with Gasteiger partial charge >= 0.3 is 6.61 Å². The largest absolute Gasteiger partial charge is 0.435 e. The average molecular weight is 424 g/mol. The van der Waals surface area contributed by atoms with Crippen LogP contribution in [0.5, 0.6) is 5.75 Å². The van der Waals surface area contributed by atoms with Gasteiger partial charge in [-0.3, -0.25) is 19.3 Å². The minimum absolute atomic E-state index is 0.0325. The Bertz CT molecular complexity index is 899. The van der Waals surface area contributed by atoms with Crippen molar-refractivity contribution in [3.8, 4) is 5.75 Å². The maximum atomic E-state index is 12.3. The summed E-state index contributed by atoms with van der Waals surface area (Å²) in [5, 5.41) is 4.07. The van der Waals surface area contributed by atoms with Gasteiger partial charge in [0.2, 0.25) is 0 Å². The maximum Gasteiger partial charge on any atom is 0.387 e. The van der Waals surface area contributed by atoms with Gasteiger partial charge in [-0.05, 0) is 53.5 Å². The summed E-state index contributed by atoms with van der Waals surface area (Å²) in [6.45, 7) is -2.84. The number of thioether (sulfide) groups is 1. The van der Waals surface area contributed by atoms with Crippen LogP contribution in [0.15, 0.2) is 46.7 Å². The van der Waals surface area contributed by atoms with Gasteiger partial charge in [-0.25, -0.2) is 0 Å². The fourth-order valence-electron chi connectivity index (χ4n) is 2.37. The summed E-state index contributed by atoms with van der Waals surface area (Å²) in [5.74, 6) is -0.905. The van der Waals surface area contributed by atoms with Crippen LogP contribution in [0.25, 0.3) is 6.08 Å². The van der Waals surface area contributed by atoms with E-state index < -0.39 is 23.7 Å². The second kappa shape index (κ2) is 8.98. The Morgan fingerprint density at radius 2 is 1.96 bits per heavy atom. The Morgan fingerprint density at radius 3 is 2.61 bits per heavy atom. The molecule has 1 fully saturated rings. The highest BCUT2D eigenvalue weighted by Gasteiger charge is 2.34. The Kier molecular flexibility index (Phi) is 6.42. The van der Waals surface area contributed by atoms with E-state index in [9.17, 15) is 23.2 Å². The van der Waals surface area contributed by atoms with E-state index in [1.165, 1.54) is 35.6 Å². The monoisotopic (exact) mass is 424 g/mol. The molecule has 0 radical (unpaired) electrons. The van der Waals surface area contributed by atoms with E-state index in [4.69, 9.17) is 0 Å². The molecule has 146 valence electrons. The van der Waals surface area contributed by atoms with Crippen LogP contribution in [-0.4, -0.2) is 41.7 Å². The Labute approximate surface area is 167 Å². The molecule has 1 aromatic carbocycles. The van der Waals surface area contributed by atoms with E-state index in [1.54, 1.807) is 6.08 Å². The molecule has 6 nitrogen and oxygen atoms in total. The molecule has 0 aliphatic carbocycles. The van der Waals surface area contributed by atoms with Crippen LogP contribution in [-0.2, 0) is 4.79 Å². The number of nitrogens with one attached hydrogen (secondary N) is 1. The fourth-order valence-corrected chi connectivity index (χ4v) is 3.95. The number of rotatable bonds is 7. The molecule has 0 spiro atoms. The van der Waals surface area contributed by atoms with Crippen LogP contribution in [0.2, 0.25) is 0 Å². The smallest absolute Gasteiger partial charge is 0.387 e. The number of imide groups is 1. The molecule has 2 aromatic rings. The zero-order valence-electron chi connectivity index (χ0n) is 14.3. The normalized spacial score (nSPS) is 15.5. The van der Waals surface area contributed by atoms with Crippen molar-refractivity contribution in [2.75, 3.05) is 13.1 Å². The third-order valence-corrected chi connectivity index (χ3v) is 5.38. The highest BCUT2D eigenvalue weighted by molar-refractivity contribution is 8.18. The van der Waals surface area contributed by atoms with Gasteiger partial charge in [-0.15, -0.1) is 11.3 Å². The van der Waals surface area contributed by atoms with Crippen LogP contribution >= 0.6 is 23.1 Å². The van der Waals surface area contributed by atoms with E-state index in [0.717, 1.165) is 21.5 Å². The molecule has 0 bridgehead atoms. The zero-order valence-corrected chi connectivity index (χ0v) is 15.9. The van der Waals surface area contributed by atoms with Gasteiger partial charge in [0, 0.05) is 23.5 Å². The summed E-state index contributed by atoms with van der Waals surface area (Å²) in [6, 6.07) is 8.90. The van der Waals surface area contributed by atoms with E-state index >= 15 is 0 Å². The molecule has 1 aliphatic rings. The molecule has 10 heteroatoms. The quantitative estimate of drug-likeness (QED) is 0.684. The average Bonchev–Trinajstić information content (AvgIpc) is 3.25. The van der Waals surface area contributed by atoms with Crippen LogP contribution in [0.1, 0.15) is 15.2 Å². The first kappa shape index (κ1) is 20.0. The number of benzene rings is 1. The number of nitrogens with zero attached hydrogens (tertiary/aromatic N) is 1. The number of hydrogen-bond donors (Lipinski definition) is 1. The van der Waals surface area contributed by atoms with Crippen molar-refractivity contribution in [1.29, 1.82) is 0 Å². The van der Waals surface area contributed by atoms with Crippen molar-refractivity contribution in [1.82, 2.24) is 10.2 Å². The van der Waals surface area contributed by atoms with Gasteiger partial charge in [0.25, 0.3) is 17.1 Å². The second-order valence-electron chi connectivity index (χ2n) is 5.51. The van der Waals surface area contributed by atoms with E-state index in [-0.39, 0.29) is 24.4 Å². The van der Waals surface area contributed by atoms with Gasteiger partial charge in [0.1, 0.15) is 5.75 Å². The number of hydrogen-bond acceptors (Lipinski definition) is 6. The van der Waals surface area contributed by atoms with Crippen molar-refractivity contribution in [3.63, 3.8) is 0 Å². The van der Waals surface area contributed by atoms with E-state index in [2.05, 4.69) is 10.1 Å². The topological polar surface area (TPSA) is 75.7 Å². The molecule has 1 aliphatic heterocycles. The molecule has 3 amide bonds. The molecular weight excluding hydrogens is 410 g/mol. The van der Waals surface area contributed by atoms with Gasteiger partial charge in [0.05, 0.1) is 4.91 Å². The fraction of sp³-hybridized carbons (Fsp3) is 0.167. The molecular formula is C18H14F2N2O4S2. The lowest BCUT2D eigenvalue weighted by molar-refractivity contribution is -0.122. The number of ether oxygens (including phenoxy) is 1. The Balaban J connectivity index is 1.52. The highest BCUT2D eigenvalue weighted by Crippen LogP contribution is 2.32. The van der Waals surface area contributed by atoms with Crippen LogP contribution in [0.4, 0.5) is 13.6 Å². The van der Waals surface area contributed by atoms with Crippen molar-refractivity contribution >= 4 is 46.2 Å². The molecule has 2 heterocycles. The van der Waals surface area contributed by atoms with Gasteiger partial charge < -0.3 is 10.1 Å². The molecule has 1 N–H and O–H groups in total. The van der Waals surface area contributed by atoms with Gasteiger partial charge in [-0.2, -0.15) is 8.78 Å². The number of thiophene rings is 1. The first-order chi connectivity index (χ1) is 13.4. The number of amides is 3. The Morgan fingerprint density at radius 1 is 1.21 bits per heavy atom. The standard InChI is InChI=1S/C18H14F2N2O4S2/c19-17(20)26-12-5-3-11(4-6-12)15(23)21-7-8-22-16(24)14(28-18(22)25)10-13-2-1-9-27-13/h1-6,9-10,17H,7-8H2,(H,21,23)/b14-10-. The summed E-state index contributed by atoms with van der Waals surface area (Å²) >= 11 is 2.32. The molecule has 3 rings (SSSR count). The van der Waals surface area contributed by atoms with Crippen LogP contribution in [0.3, 0.4) is 0 Å². The minimum atomic E-state index is -2.94. The summed E-state index contributed by atoms with van der Waals surface area (Å²) in [7, 11) is 0. The zero-order chi connectivity index (χ0) is 20.1. The van der Waals surface area contributed by atoms with Gasteiger partial charge in [0.15, 0.2) is 0 Å². The van der Waals surface area contributed by atoms with Crippen molar-refractivity contribution < 1.29 is 27.9 Å². The number of halogens is 2. The maximum absolute atomic E-state index is 12.3. The highest BCUT2D eigenvalue weighted by atomic mass is 32.2. The molecule has 28 heavy (non-hydrogen) atoms. The third-order valence-electron chi connectivity index (χ3n) is 3.65. The molecule has 0 unspecified atom stereocenters. The first-order valence-corrected chi connectivity index (χ1v) is 9.75. The Hall–Kier alpha value is -2.72. The van der Waals surface area contributed by atoms with E-state index in [0.29, 0.717) is 4.91 Å². The lowest BCUT2D eigenvalue weighted by Crippen LogP contribution is -2.37. The van der Waals surface area contributed by atoms with Crippen molar-refractivity contribution in [2.45, 2.75) is 6.61 Å². The lowest BCUT2D eigenvalue weighted by Gasteiger charge is -2.13. The molecule has 1 aromatic heterocycles. The summed E-state index contributed by atoms with van der Waals surface area (Å²) in [5.41, 5.74) is 0.244. The number of alkyl halides is 2. The molecule has 1 saturated heterocycles. The molecule has 0 atom stereocenters.